The molecule has 0 N–H and O–H groups in total. The van der Waals surface area contributed by atoms with Crippen LogP contribution in [0.25, 0.3) is 11.5 Å². The Hall–Kier alpha value is -2.99. The van der Waals surface area contributed by atoms with Gasteiger partial charge in [0, 0.05) is 51.1 Å². The van der Waals surface area contributed by atoms with Crippen LogP contribution in [0.4, 0.5) is 0 Å². The van der Waals surface area contributed by atoms with Crippen molar-refractivity contribution in [2.24, 2.45) is 0 Å². The van der Waals surface area contributed by atoms with Gasteiger partial charge in [0.25, 0.3) is 0 Å². The number of benzene rings is 2. The summed E-state index contributed by atoms with van der Waals surface area (Å²) >= 11 is 0. The minimum absolute atomic E-state index is 0.160. The van der Waals surface area contributed by atoms with Gasteiger partial charge in [0.1, 0.15) is 0 Å². The number of nitrogens with zero attached hydrogens (tertiary/aromatic N) is 4. The van der Waals surface area contributed by atoms with E-state index in [1.54, 1.807) is 0 Å². The van der Waals surface area contributed by atoms with Crippen molar-refractivity contribution in [1.82, 2.24) is 20.0 Å². The highest BCUT2D eigenvalue weighted by atomic mass is 16.4. The fraction of sp³-hybridized carbons (Fsp3) is 0.400. The molecule has 0 atom stereocenters. The number of rotatable bonds is 6. The molecule has 1 aliphatic heterocycles. The predicted octanol–water partition coefficient (Wildman–Crippen LogP) is 4.02. The molecule has 162 valence electrons. The minimum Gasteiger partial charge on any atom is -0.421 e. The lowest BCUT2D eigenvalue weighted by Gasteiger charge is -2.22. The van der Waals surface area contributed by atoms with Crippen LogP contribution in [0.2, 0.25) is 0 Å². The van der Waals surface area contributed by atoms with Crippen LogP contribution in [0.5, 0.6) is 0 Å². The summed E-state index contributed by atoms with van der Waals surface area (Å²) in [6.45, 7) is 8.63. The summed E-state index contributed by atoms with van der Waals surface area (Å²) in [5.74, 6) is 1.18. The Kier molecular flexibility index (Phi) is 6.77. The van der Waals surface area contributed by atoms with Crippen molar-refractivity contribution in [2.45, 2.75) is 39.7 Å². The number of carbonyl (C=O) groups excluding carboxylic acids is 1. The molecule has 4 rings (SSSR count). The summed E-state index contributed by atoms with van der Waals surface area (Å²) in [4.78, 5) is 17.2. The van der Waals surface area contributed by atoms with Gasteiger partial charge < -0.3 is 9.32 Å². The lowest BCUT2D eigenvalue weighted by atomic mass is 10.1. The molecular weight excluding hydrogens is 388 g/mol. The van der Waals surface area contributed by atoms with Gasteiger partial charge in [-0.15, -0.1) is 10.2 Å². The van der Waals surface area contributed by atoms with E-state index >= 15 is 0 Å². The number of carbonyl (C=O) groups is 1. The van der Waals surface area contributed by atoms with Crippen molar-refractivity contribution in [3.8, 4) is 11.5 Å². The maximum atomic E-state index is 12.8. The van der Waals surface area contributed by atoms with Gasteiger partial charge >= 0.3 is 0 Å². The van der Waals surface area contributed by atoms with Crippen LogP contribution >= 0.6 is 0 Å². The fourth-order valence-corrected chi connectivity index (χ4v) is 3.95. The van der Waals surface area contributed by atoms with E-state index in [1.807, 2.05) is 36.1 Å². The van der Waals surface area contributed by atoms with Crippen molar-refractivity contribution >= 4 is 5.91 Å². The molecule has 1 aromatic heterocycles. The van der Waals surface area contributed by atoms with Crippen molar-refractivity contribution in [3.05, 3.63) is 71.1 Å². The first-order valence-corrected chi connectivity index (χ1v) is 11.0. The zero-order chi connectivity index (χ0) is 21.6. The van der Waals surface area contributed by atoms with Gasteiger partial charge in [-0.25, -0.2) is 0 Å². The van der Waals surface area contributed by atoms with E-state index in [9.17, 15) is 4.79 Å². The molecule has 0 saturated carbocycles. The molecule has 3 aromatic rings. The summed E-state index contributed by atoms with van der Waals surface area (Å²) in [5, 5.41) is 8.25. The number of aromatic nitrogens is 2. The Bertz CT molecular complexity index is 1010. The second kappa shape index (κ2) is 9.88. The molecule has 0 aliphatic carbocycles. The molecule has 31 heavy (non-hydrogen) atoms. The second-order valence-corrected chi connectivity index (χ2v) is 8.30. The summed E-state index contributed by atoms with van der Waals surface area (Å²) < 4.78 is 5.77. The van der Waals surface area contributed by atoms with Crippen LogP contribution in [-0.4, -0.2) is 52.1 Å². The van der Waals surface area contributed by atoms with Crippen LogP contribution in [0.3, 0.4) is 0 Å². The average Bonchev–Trinajstić information content (AvgIpc) is 3.12. The second-order valence-electron chi connectivity index (χ2n) is 8.30. The zero-order valence-corrected chi connectivity index (χ0v) is 18.4. The Morgan fingerprint density at radius 3 is 2.58 bits per heavy atom. The van der Waals surface area contributed by atoms with Crippen molar-refractivity contribution < 1.29 is 9.21 Å². The van der Waals surface area contributed by atoms with E-state index in [4.69, 9.17) is 4.42 Å². The maximum Gasteiger partial charge on any atom is 0.247 e. The highest BCUT2D eigenvalue weighted by Gasteiger charge is 2.20. The Morgan fingerprint density at radius 2 is 1.77 bits per heavy atom. The molecule has 0 radical (unpaired) electrons. The van der Waals surface area contributed by atoms with Gasteiger partial charge in [-0.2, -0.15) is 0 Å². The normalized spacial score (nSPS) is 15.1. The molecule has 6 nitrogen and oxygen atoms in total. The number of hydrogen-bond acceptors (Lipinski definition) is 5. The largest absolute Gasteiger partial charge is 0.421 e. The zero-order valence-electron chi connectivity index (χ0n) is 18.4. The first kappa shape index (κ1) is 21.2. The SMILES string of the molecule is Cc1ccc(-c2nnc(CCC(=O)N3CCCN(Cc4ccccc4C)CC3)o2)cc1. The Labute approximate surface area is 183 Å². The first-order valence-electron chi connectivity index (χ1n) is 11.0. The fourth-order valence-electron chi connectivity index (χ4n) is 3.95. The summed E-state index contributed by atoms with van der Waals surface area (Å²) in [6, 6.07) is 16.5. The maximum absolute atomic E-state index is 12.8. The van der Waals surface area contributed by atoms with E-state index in [1.165, 1.54) is 16.7 Å². The first-order chi connectivity index (χ1) is 15.1. The molecule has 0 spiro atoms. The molecule has 1 fully saturated rings. The number of hydrogen-bond donors (Lipinski definition) is 0. The van der Waals surface area contributed by atoms with Crippen LogP contribution in [0.15, 0.2) is 52.9 Å². The van der Waals surface area contributed by atoms with Gasteiger partial charge in [0.2, 0.25) is 17.7 Å². The molecule has 2 aromatic carbocycles. The standard InChI is InChI=1S/C25H30N4O2/c1-19-8-10-21(11-9-19)25-27-26-23(31-25)12-13-24(30)29-15-5-14-28(16-17-29)18-22-7-4-3-6-20(22)2/h3-4,6-11H,5,12-18H2,1-2H3. The summed E-state index contributed by atoms with van der Waals surface area (Å²) in [5.41, 5.74) is 4.77. The van der Waals surface area contributed by atoms with Gasteiger partial charge in [0.15, 0.2) is 0 Å². The molecule has 1 amide bonds. The van der Waals surface area contributed by atoms with Crippen LogP contribution in [0, 0.1) is 13.8 Å². The molecule has 2 heterocycles. The molecule has 1 aliphatic rings. The smallest absolute Gasteiger partial charge is 0.247 e. The van der Waals surface area contributed by atoms with Gasteiger partial charge in [-0.1, -0.05) is 42.0 Å². The molecule has 1 saturated heterocycles. The summed E-state index contributed by atoms with van der Waals surface area (Å²) in [7, 11) is 0. The third-order valence-corrected chi connectivity index (χ3v) is 5.91. The number of aryl methyl sites for hydroxylation is 3. The highest BCUT2D eigenvalue weighted by Crippen LogP contribution is 2.19. The monoisotopic (exact) mass is 418 g/mol. The minimum atomic E-state index is 0.160. The van der Waals surface area contributed by atoms with E-state index in [0.29, 0.717) is 24.6 Å². The van der Waals surface area contributed by atoms with Crippen molar-refractivity contribution in [1.29, 1.82) is 0 Å². The average molecular weight is 419 g/mol. The predicted molar refractivity (Wildman–Crippen MR) is 120 cm³/mol. The van der Waals surface area contributed by atoms with Crippen molar-refractivity contribution in [2.75, 3.05) is 26.2 Å². The van der Waals surface area contributed by atoms with E-state index < -0.39 is 0 Å². The highest BCUT2D eigenvalue weighted by molar-refractivity contribution is 5.76. The van der Waals surface area contributed by atoms with Crippen LogP contribution in [0.1, 0.15) is 35.4 Å². The molecule has 0 bridgehead atoms. The van der Waals surface area contributed by atoms with Gasteiger partial charge in [-0.3, -0.25) is 9.69 Å². The number of amides is 1. The van der Waals surface area contributed by atoms with E-state index in [0.717, 1.165) is 44.7 Å². The third-order valence-electron chi connectivity index (χ3n) is 5.91. The van der Waals surface area contributed by atoms with Gasteiger partial charge in [-0.05, 0) is 43.5 Å². The van der Waals surface area contributed by atoms with Crippen LogP contribution < -0.4 is 0 Å². The quantitative estimate of drug-likeness (QED) is 0.605. The lowest BCUT2D eigenvalue weighted by Crippen LogP contribution is -2.35. The lowest BCUT2D eigenvalue weighted by molar-refractivity contribution is -0.131. The topological polar surface area (TPSA) is 62.5 Å². The Morgan fingerprint density at radius 1 is 0.968 bits per heavy atom. The molecular formula is C25H30N4O2. The Balaban J connectivity index is 1.27. The van der Waals surface area contributed by atoms with E-state index in [-0.39, 0.29) is 5.91 Å². The van der Waals surface area contributed by atoms with Crippen LogP contribution in [-0.2, 0) is 17.8 Å². The molecule has 6 heteroatoms. The third kappa shape index (κ3) is 5.58. The molecule has 0 unspecified atom stereocenters. The van der Waals surface area contributed by atoms with E-state index in [2.05, 4.69) is 46.3 Å². The summed E-state index contributed by atoms with van der Waals surface area (Å²) in [6.07, 6.45) is 1.87. The van der Waals surface area contributed by atoms with Gasteiger partial charge in [0.05, 0.1) is 0 Å². The van der Waals surface area contributed by atoms with Crippen molar-refractivity contribution in [3.63, 3.8) is 0 Å².